The fourth-order valence-electron chi connectivity index (χ4n) is 3.27. The van der Waals surface area contributed by atoms with Crippen molar-refractivity contribution in [3.8, 4) is 0 Å². The Morgan fingerprint density at radius 2 is 1.71 bits per heavy atom. The molecule has 1 aromatic carbocycles. The largest absolute Gasteiger partial charge is 0.349 e. The summed E-state index contributed by atoms with van der Waals surface area (Å²) in [5.74, 6) is -0.930. The van der Waals surface area contributed by atoms with Gasteiger partial charge in [-0.05, 0) is 44.7 Å². The molecule has 2 atom stereocenters. The molecule has 116 valence electrons. The van der Waals surface area contributed by atoms with Gasteiger partial charge in [0.05, 0.1) is 18.1 Å². The van der Waals surface area contributed by atoms with E-state index in [1.807, 2.05) is 19.1 Å². The third-order valence-electron chi connectivity index (χ3n) is 4.44. The van der Waals surface area contributed by atoms with E-state index in [4.69, 9.17) is 9.47 Å². The summed E-state index contributed by atoms with van der Waals surface area (Å²) in [5.41, 5.74) is 1.05. The van der Waals surface area contributed by atoms with Crippen LogP contribution < -0.4 is 0 Å². The van der Waals surface area contributed by atoms with Gasteiger partial charge in [0, 0.05) is 6.42 Å². The van der Waals surface area contributed by atoms with Gasteiger partial charge < -0.3 is 9.47 Å². The molecule has 0 amide bonds. The maximum Gasteiger partial charge on any atom is 0.186 e. The Bertz CT molecular complexity index is 577. The monoisotopic (exact) mass is 310 g/mol. The zero-order valence-electron chi connectivity index (χ0n) is 12.4. The van der Waals surface area contributed by atoms with Gasteiger partial charge in [-0.3, -0.25) is 0 Å². The van der Waals surface area contributed by atoms with Crippen molar-refractivity contribution in [1.82, 2.24) is 0 Å². The molecule has 0 aromatic heterocycles. The van der Waals surface area contributed by atoms with Gasteiger partial charge in [-0.15, -0.1) is 0 Å². The predicted octanol–water partition coefficient (Wildman–Crippen LogP) is 2.84. The smallest absolute Gasteiger partial charge is 0.186 e. The van der Waals surface area contributed by atoms with Crippen LogP contribution in [0.1, 0.15) is 37.7 Å². The maximum absolute atomic E-state index is 13.0. The molecule has 3 rings (SSSR count). The molecular weight excluding hydrogens is 288 g/mol. The lowest BCUT2D eigenvalue weighted by atomic mass is 9.97. The zero-order chi connectivity index (χ0) is 14.9. The first kappa shape index (κ1) is 15.0. The summed E-state index contributed by atoms with van der Waals surface area (Å²) in [6.45, 7) is 3.12. The first-order valence-electron chi connectivity index (χ1n) is 7.63. The highest BCUT2D eigenvalue weighted by Gasteiger charge is 2.51. The molecule has 1 aromatic rings. The fourth-order valence-corrected chi connectivity index (χ4v) is 5.32. The van der Waals surface area contributed by atoms with Crippen LogP contribution in [0, 0.1) is 6.92 Å². The Morgan fingerprint density at radius 3 is 2.38 bits per heavy atom. The second-order valence-electron chi connectivity index (χ2n) is 5.95. The Morgan fingerprint density at radius 1 is 1.05 bits per heavy atom. The van der Waals surface area contributed by atoms with E-state index in [2.05, 4.69) is 0 Å². The second-order valence-corrected chi connectivity index (χ2v) is 8.09. The van der Waals surface area contributed by atoms with E-state index in [1.54, 1.807) is 12.1 Å². The minimum Gasteiger partial charge on any atom is -0.349 e. The molecule has 0 aliphatic carbocycles. The molecule has 2 heterocycles. The minimum atomic E-state index is -3.44. The van der Waals surface area contributed by atoms with Crippen molar-refractivity contribution in [1.29, 1.82) is 0 Å². The minimum absolute atomic E-state index is 0.372. The van der Waals surface area contributed by atoms with Crippen molar-refractivity contribution in [3.63, 3.8) is 0 Å². The van der Waals surface area contributed by atoms with E-state index in [9.17, 15) is 8.42 Å². The highest BCUT2D eigenvalue weighted by molar-refractivity contribution is 7.92. The normalized spacial score (nSPS) is 30.4. The van der Waals surface area contributed by atoms with Crippen LogP contribution in [-0.4, -0.2) is 32.7 Å². The Hall–Kier alpha value is -0.910. The second kappa shape index (κ2) is 5.71. The van der Waals surface area contributed by atoms with Gasteiger partial charge in [-0.1, -0.05) is 17.7 Å². The molecular formula is C16H22O4S. The highest BCUT2D eigenvalue weighted by Crippen LogP contribution is 2.40. The summed E-state index contributed by atoms with van der Waals surface area (Å²) in [6, 6.07) is 7.06. The summed E-state index contributed by atoms with van der Waals surface area (Å²) in [5, 5.41) is -0.596. The molecule has 0 N–H and O–H groups in total. The molecule has 4 nitrogen and oxygen atoms in total. The van der Waals surface area contributed by atoms with E-state index >= 15 is 0 Å². The standard InChI is InChI=1S/C16H22O4S/c1-13-6-8-14(9-7-13)21(17,18)15-5-4-12-20-16(15)10-2-3-11-19-16/h6-9,15H,2-5,10-12H2,1H3/t15-,16-/m0/s1. The van der Waals surface area contributed by atoms with E-state index < -0.39 is 20.9 Å². The van der Waals surface area contributed by atoms with E-state index in [0.29, 0.717) is 31.0 Å². The maximum atomic E-state index is 13.0. The van der Waals surface area contributed by atoms with E-state index in [1.165, 1.54) is 0 Å². The Balaban J connectivity index is 1.97. The van der Waals surface area contributed by atoms with Crippen molar-refractivity contribution in [3.05, 3.63) is 29.8 Å². The van der Waals surface area contributed by atoms with Crippen LogP contribution in [0.4, 0.5) is 0 Å². The first-order chi connectivity index (χ1) is 10.0. The number of rotatable bonds is 2. The summed E-state index contributed by atoms with van der Waals surface area (Å²) in [7, 11) is -3.44. The number of hydrogen-bond acceptors (Lipinski definition) is 4. The third kappa shape index (κ3) is 2.74. The van der Waals surface area contributed by atoms with Crippen LogP contribution in [0.5, 0.6) is 0 Å². The Kier molecular flexibility index (Phi) is 4.08. The van der Waals surface area contributed by atoms with Crippen LogP contribution in [-0.2, 0) is 19.3 Å². The van der Waals surface area contributed by atoms with Gasteiger partial charge in [0.25, 0.3) is 0 Å². The summed E-state index contributed by atoms with van der Waals surface area (Å²) in [4.78, 5) is 0.372. The topological polar surface area (TPSA) is 52.6 Å². The number of aryl methyl sites for hydroxylation is 1. The zero-order valence-corrected chi connectivity index (χ0v) is 13.2. The molecule has 0 unspecified atom stereocenters. The van der Waals surface area contributed by atoms with Gasteiger partial charge in [-0.2, -0.15) is 0 Å². The van der Waals surface area contributed by atoms with Crippen LogP contribution in [0.15, 0.2) is 29.2 Å². The van der Waals surface area contributed by atoms with Crippen molar-refractivity contribution >= 4 is 9.84 Å². The van der Waals surface area contributed by atoms with E-state index in [-0.39, 0.29) is 0 Å². The van der Waals surface area contributed by atoms with E-state index in [0.717, 1.165) is 24.8 Å². The summed E-state index contributed by atoms with van der Waals surface area (Å²) < 4.78 is 37.7. The van der Waals surface area contributed by atoms with Crippen LogP contribution in [0.25, 0.3) is 0 Å². The lowest BCUT2D eigenvalue weighted by Gasteiger charge is -2.45. The van der Waals surface area contributed by atoms with Crippen LogP contribution >= 0.6 is 0 Å². The third-order valence-corrected chi connectivity index (χ3v) is 6.71. The van der Waals surface area contributed by atoms with Crippen LogP contribution in [0.3, 0.4) is 0 Å². The molecule has 0 bridgehead atoms. The van der Waals surface area contributed by atoms with Gasteiger partial charge in [0.1, 0.15) is 5.25 Å². The average molecular weight is 310 g/mol. The SMILES string of the molecule is Cc1ccc(S(=O)(=O)[C@H]2CCCO[C@@]23CCCCO3)cc1. The molecule has 2 fully saturated rings. The average Bonchev–Trinajstić information content (AvgIpc) is 2.49. The molecule has 2 aliphatic heterocycles. The van der Waals surface area contributed by atoms with Crippen molar-refractivity contribution in [2.75, 3.05) is 13.2 Å². The van der Waals surface area contributed by atoms with Gasteiger partial charge in [0.15, 0.2) is 15.6 Å². The predicted molar refractivity (Wildman–Crippen MR) is 79.9 cm³/mol. The number of sulfone groups is 1. The molecule has 0 radical (unpaired) electrons. The van der Waals surface area contributed by atoms with Gasteiger partial charge in [-0.25, -0.2) is 8.42 Å². The van der Waals surface area contributed by atoms with Crippen molar-refractivity contribution in [2.45, 2.75) is 55.0 Å². The van der Waals surface area contributed by atoms with Crippen molar-refractivity contribution < 1.29 is 17.9 Å². The lowest BCUT2D eigenvalue weighted by molar-refractivity contribution is -0.268. The number of hydrogen-bond donors (Lipinski definition) is 0. The first-order valence-corrected chi connectivity index (χ1v) is 9.18. The number of ether oxygens (including phenoxy) is 2. The van der Waals surface area contributed by atoms with Gasteiger partial charge in [0.2, 0.25) is 0 Å². The summed E-state index contributed by atoms with van der Waals surface area (Å²) in [6.07, 6.45) is 3.97. The van der Waals surface area contributed by atoms with Crippen molar-refractivity contribution in [2.24, 2.45) is 0 Å². The number of benzene rings is 1. The molecule has 21 heavy (non-hydrogen) atoms. The molecule has 0 saturated carbocycles. The fraction of sp³-hybridized carbons (Fsp3) is 0.625. The molecule has 2 aliphatic rings. The van der Waals surface area contributed by atoms with Gasteiger partial charge >= 0.3 is 0 Å². The van der Waals surface area contributed by atoms with Crippen LogP contribution in [0.2, 0.25) is 0 Å². The quantitative estimate of drug-likeness (QED) is 0.843. The molecule has 5 heteroatoms. The highest BCUT2D eigenvalue weighted by atomic mass is 32.2. The Labute approximate surface area is 126 Å². The lowest BCUT2D eigenvalue weighted by Crippen LogP contribution is -2.55. The molecule has 1 spiro atoms. The molecule has 2 saturated heterocycles. The summed E-state index contributed by atoms with van der Waals surface area (Å²) >= 11 is 0.